The Hall–Kier alpha value is -0.530. The van der Waals surface area contributed by atoms with Gasteiger partial charge in [0.05, 0.1) is 0 Å². The lowest BCUT2D eigenvalue weighted by atomic mass is 9.77. The van der Waals surface area contributed by atoms with E-state index >= 15 is 0 Å². The van der Waals surface area contributed by atoms with Crippen molar-refractivity contribution >= 4 is 5.91 Å². The third-order valence-electron chi connectivity index (χ3n) is 4.46. The Balaban J connectivity index is 1.86. The van der Waals surface area contributed by atoms with Gasteiger partial charge in [0.25, 0.3) is 0 Å². The molecule has 1 aliphatic carbocycles. The molecule has 2 heterocycles. The Kier molecular flexibility index (Phi) is 2.03. The quantitative estimate of drug-likeness (QED) is 0.577. The number of piperidine rings is 1. The average molecular weight is 193 g/mol. The molecule has 3 aliphatic rings. The highest BCUT2D eigenvalue weighted by atomic mass is 16.2. The fraction of sp³-hybridized carbons (Fsp3) is 0.917. The molecule has 0 aromatic carbocycles. The molecule has 3 unspecified atom stereocenters. The maximum Gasteiger partial charge on any atom is 0.226 e. The van der Waals surface area contributed by atoms with Crippen LogP contribution in [0.4, 0.5) is 0 Å². The van der Waals surface area contributed by atoms with Gasteiger partial charge in [0.2, 0.25) is 5.91 Å². The smallest absolute Gasteiger partial charge is 0.226 e. The first kappa shape index (κ1) is 8.75. The van der Waals surface area contributed by atoms with Crippen molar-refractivity contribution in [3.8, 4) is 0 Å². The predicted molar refractivity (Wildman–Crippen MR) is 54.8 cm³/mol. The first-order chi connectivity index (χ1) is 6.88. The van der Waals surface area contributed by atoms with Gasteiger partial charge < -0.3 is 4.90 Å². The van der Waals surface area contributed by atoms with Gasteiger partial charge in [-0.05, 0) is 38.0 Å². The standard InChI is InChI=1S/C12H19NO/c14-12-10-6-2-1-5-9(10)11-7-3-4-8-13(11)12/h9-11H,1-8H2. The van der Waals surface area contributed by atoms with E-state index in [1.807, 2.05) is 0 Å². The molecule has 0 N–H and O–H groups in total. The van der Waals surface area contributed by atoms with Crippen molar-refractivity contribution in [3.63, 3.8) is 0 Å². The molecule has 14 heavy (non-hydrogen) atoms. The van der Waals surface area contributed by atoms with Crippen molar-refractivity contribution in [3.05, 3.63) is 0 Å². The van der Waals surface area contributed by atoms with Crippen LogP contribution >= 0.6 is 0 Å². The van der Waals surface area contributed by atoms with Crippen LogP contribution in [-0.4, -0.2) is 23.4 Å². The van der Waals surface area contributed by atoms with Gasteiger partial charge in [-0.25, -0.2) is 0 Å². The number of hydrogen-bond donors (Lipinski definition) is 0. The second-order valence-corrected chi connectivity index (χ2v) is 5.15. The minimum Gasteiger partial charge on any atom is -0.339 e. The summed E-state index contributed by atoms with van der Waals surface area (Å²) in [6.45, 7) is 1.05. The van der Waals surface area contributed by atoms with Crippen LogP contribution in [0.1, 0.15) is 44.9 Å². The molecule has 2 saturated heterocycles. The van der Waals surface area contributed by atoms with Gasteiger partial charge in [-0.3, -0.25) is 4.79 Å². The van der Waals surface area contributed by atoms with Crippen molar-refractivity contribution < 1.29 is 4.79 Å². The first-order valence-corrected chi connectivity index (χ1v) is 6.18. The number of amides is 1. The molecule has 1 saturated carbocycles. The molecule has 2 nitrogen and oxygen atoms in total. The summed E-state index contributed by atoms with van der Waals surface area (Å²) in [5.41, 5.74) is 0. The van der Waals surface area contributed by atoms with E-state index in [4.69, 9.17) is 0 Å². The maximum absolute atomic E-state index is 12.1. The number of carbonyl (C=O) groups excluding carboxylic acids is 1. The van der Waals surface area contributed by atoms with Crippen molar-refractivity contribution in [2.24, 2.45) is 11.8 Å². The van der Waals surface area contributed by atoms with Crippen LogP contribution in [0.5, 0.6) is 0 Å². The summed E-state index contributed by atoms with van der Waals surface area (Å²) >= 11 is 0. The second-order valence-electron chi connectivity index (χ2n) is 5.15. The molecule has 0 aromatic rings. The summed E-state index contributed by atoms with van der Waals surface area (Å²) < 4.78 is 0. The Labute approximate surface area is 85.7 Å². The molecule has 0 radical (unpaired) electrons. The van der Waals surface area contributed by atoms with Crippen LogP contribution in [0.25, 0.3) is 0 Å². The van der Waals surface area contributed by atoms with E-state index in [2.05, 4.69) is 4.90 Å². The SMILES string of the molecule is O=C1C2CCCCC2C2CCCCN12. The third-order valence-corrected chi connectivity index (χ3v) is 4.46. The Bertz CT molecular complexity index is 227. The molecule has 3 rings (SSSR count). The van der Waals surface area contributed by atoms with Gasteiger partial charge in [-0.2, -0.15) is 0 Å². The topological polar surface area (TPSA) is 20.3 Å². The number of rotatable bonds is 0. The normalized spacial score (nSPS) is 42.1. The van der Waals surface area contributed by atoms with E-state index in [0.29, 0.717) is 17.9 Å². The molecule has 2 heteroatoms. The van der Waals surface area contributed by atoms with Crippen molar-refractivity contribution in [1.82, 2.24) is 4.90 Å². The Morgan fingerprint density at radius 1 is 1.00 bits per heavy atom. The van der Waals surface area contributed by atoms with Crippen molar-refractivity contribution in [2.75, 3.05) is 6.54 Å². The lowest BCUT2D eigenvalue weighted by Gasteiger charge is -2.33. The zero-order valence-corrected chi connectivity index (χ0v) is 8.74. The Morgan fingerprint density at radius 3 is 2.71 bits per heavy atom. The molecule has 0 bridgehead atoms. The molecule has 2 aliphatic heterocycles. The summed E-state index contributed by atoms with van der Waals surface area (Å²) in [6.07, 6.45) is 9.01. The van der Waals surface area contributed by atoms with Gasteiger partial charge in [-0.1, -0.05) is 12.8 Å². The van der Waals surface area contributed by atoms with Crippen LogP contribution in [-0.2, 0) is 4.79 Å². The van der Waals surface area contributed by atoms with Gasteiger partial charge in [-0.15, -0.1) is 0 Å². The van der Waals surface area contributed by atoms with Gasteiger partial charge in [0, 0.05) is 18.5 Å². The third kappa shape index (κ3) is 1.12. The highest BCUT2D eigenvalue weighted by molar-refractivity contribution is 5.82. The van der Waals surface area contributed by atoms with Crippen LogP contribution in [0.3, 0.4) is 0 Å². The van der Waals surface area contributed by atoms with Crippen LogP contribution in [0.2, 0.25) is 0 Å². The van der Waals surface area contributed by atoms with Gasteiger partial charge in [0.1, 0.15) is 0 Å². The van der Waals surface area contributed by atoms with Gasteiger partial charge in [0.15, 0.2) is 0 Å². The number of hydrogen-bond acceptors (Lipinski definition) is 1. The first-order valence-electron chi connectivity index (χ1n) is 6.18. The molecule has 1 amide bonds. The summed E-state index contributed by atoms with van der Waals surface area (Å²) in [4.78, 5) is 14.3. The van der Waals surface area contributed by atoms with Gasteiger partial charge >= 0.3 is 0 Å². The van der Waals surface area contributed by atoms with E-state index < -0.39 is 0 Å². The minimum atomic E-state index is 0.423. The lowest BCUT2D eigenvalue weighted by molar-refractivity contribution is -0.133. The number of carbonyl (C=O) groups is 1. The molecule has 78 valence electrons. The van der Waals surface area contributed by atoms with Crippen LogP contribution < -0.4 is 0 Å². The van der Waals surface area contributed by atoms with E-state index in [1.165, 1.54) is 44.9 Å². The van der Waals surface area contributed by atoms with E-state index in [0.717, 1.165) is 12.5 Å². The summed E-state index contributed by atoms with van der Waals surface area (Å²) in [5, 5.41) is 0. The Morgan fingerprint density at radius 2 is 1.79 bits per heavy atom. The minimum absolute atomic E-state index is 0.423. The van der Waals surface area contributed by atoms with Crippen LogP contribution in [0, 0.1) is 11.8 Å². The fourth-order valence-corrected chi connectivity index (χ4v) is 3.82. The summed E-state index contributed by atoms with van der Waals surface area (Å²) in [6, 6.07) is 0.640. The lowest BCUT2D eigenvalue weighted by Crippen LogP contribution is -2.39. The second kappa shape index (κ2) is 3.25. The summed E-state index contributed by atoms with van der Waals surface area (Å²) in [7, 11) is 0. The number of fused-ring (bicyclic) bond motifs is 3. The largest absolute Gasteiger partial charge is 0.339 e. The molecule has 0 aromatic heterocycles. The summed E-state index contributed by atoms with van der Waals surface area (Å²) in [5.74, 6) is 1.66. The highest BCUT2D eigenvalue weighted by Gasteiger charge is 2.48. The predicted octanol–water partition coefficient (Wildman–Crippen LogP) is 2.19. The molecule has 0 spiro atoms. The fourth-order valence-electron chi connectivity index (χ4n) is 3.82. The van der Waals surface area contributed by atoms with Crippen LogP contribution in [0.15, 0.2) is 0 Å². The molecule has 3 atom stereocenters. The zero-order valence-electron chi connectivity index (χ0n) is 8.74. The van der Waals surface area contributed by atoms with E-state index in [1.54, 1.807) is 0 Å². The number of nitrogens with zero attached hydrogens (tertiary/aromatic N) is 1. The highest BCUT2D eigenvalue weighted by Crippen LogP contribution is 2.44. The molecular formula is C12H19NO. The monoisotopic (exact) mass is 193 g/mol. The molecular weight excluding hydrogens is 174 g/mol. The average Bonchev–Trinajstić information content (AvgIpc) is 2.55. The zero-order chi connectivity index (χ0) is 9.54. The van der Waals surface area contributed by atoms with Crippen molar-refractivity contribution in [2.45, 2.75) is 51.0 Å². The maximum atomic E-state index is 12.1. The van der Waals surface area contributed by atoms with E-state index in [9.17, 15) is 4.79 Å². The van der Waals surface area contributed by atoms with E-state index in [-0.39, 0.29) is 0 Å². The molecule has 3 fully saturated rings. The van der Waals surface area contributed by atoms with Crippen molar-refractivity contribution in [1.29, 1.82) is 0 Å².